The second kappa shape index (κ2) is 5.29. The third-order valence-electron chi connectivity index (χ3n) is 2.80. The summed E-state index contributed by atoms with van der Waals surface area (Å²) in [5.41, 5.74) is 1.98. The van der Waals surface area contributed by atoms with Gasteiger partial charge in [-0.1, -0.05) is 39.0 Å². The maximum Gasteiger partial charge on any atom is 0.166 e. The minimum absolute atomic E-state index is 0.0184. The SMILES string of the molecule is CC(C)(C)c1ccccc1Nc1ncc(Br)cc1F. The van der Waals surface area contributed by atoms with Crippen LogP contribution in [0.3, 0.4) is 0 Å². The van der Waals surface area contributed by atoms with Crippen LogP contribution in [0.4, 0.5) is 15.9 Å². The monoisotopic (exact) mass is 322 g/mol. The lowest BCUT2D eigenvalue weighted by atomic mass is 9.86. The van der Waals surface area contributed by atoms with E-state index in [0.29, 0.717) is 4.47 Å². The zero-order valence-corrected chi connectivity index (χ0v) is 12.8. The van der Waals surface area contributed by atoms with Gasteiger partial charge in [-0.15, -0.1) is 0 Å². The number of halogens is 2. The van der Waals surface area contributed by atoms with Crippen LogP contribution in [-0.4, -0.2) is 4.98 Å². The number of anilines is 2. The summed E-state index contributed by atoms with van der Waals surface area (Å²) in [5, 5.41) is 3.07. The lowest BCUT2D eigenvalue weighted by Gasteiger charge is -2.23. The molecule has 0 atom stereocenters. The maximum atomic E-state index is 13.8. The number of hydrogen-bond donors (Lipinski definition) is 1. The van der Waals surface area contributed by atoms with Crippen LogP contribution >= 0.6 is 15.9 Å². The first-order valence-corrected chi connectivity index (χ1v) is 6.85. The Morgan fingerprint density at radius 2 is 1.89 bits per heavy atom. The number of aromatic nitrogens is 1. The lowest BCUT2D eigenvalue weighted by Crippen LogP contribution is -2.14. The van der Waals surface area contributed by atoms with Crippen molar-refractivity contribution < 1.29 is 4.39 Å². The summed E-state index contributed by atoms with van der Waals surface area (Å²) < 4.78 is 14.4. The van der Waals surface area contributed by atoms with Gasteiger partial charge in [0.1, 0.15) is 0 Å². The largest absolute Gasteiger partial charge is 0.338 e. The number of hydrogen-bond acceptors (Lipinski definition) is 2. The molecule has 0 fully saturated rings. The topological polar surface area (TPSA) is 24.9 Å². The van der Waals surface area contributed by atoms with Gasteiger partial charge in [-0.05, 0) is 39.0 Å². The number of nitrogens with one attached hydrogen (secondary N) is 1. The van der Waals surface area contributed by atoms with E-state index in [4.69, 9.17) is 0 Å². The van der Waals surface area contributed by atoms with E-state index in [2.05, 4.69) is 47.0 Å². The summed E-state index contributed by atoms with van der Waals surface area (Å²) in [7, 11) is 0. The van der Waals surface area contributed by atoms with E-state index in [9.17, 15) is 4.39 Å². The summed E-state index contributed by atoms with van der Waals surface area (Å²) in [4.78, 5) is 4.06. The van der Waals surface area contributed by atoms with Gasteiger partial charge in [0.15, 0.2) is 11.6 Å². The first-order chi connectivity index (χ1) is 8.88. The number of benzene rings is 1. The molecule has 1 aromatic carbocycles. The second-order valence-corrected chi connectivity index (χ2v) is 6.32. The number of pyridine rings is 1. The summed E-state index contributed by atoms with van der Waals surface area (Å²) in [5.74, 6) is -0.141. The molecule has 2 rings (SSSR count). The van der Waals surface area contributed by atoms with Crippen LogP contribution in [0.5, 0.6) is 0 Å². The summed E-state index contributed by atoms with van der Waals surface area (Å²) in [6.07, 6.45) is 1.57. The van der Waals surface area contributed by atoms with Crippen LogP contribution in [0.15, 0.2) is 41.0 Å². The van der Waals surface area contributed by atoms with Gasteiger partial charge in [-0.2, -0.15) is 0 Å². The van der Waals surface area contributed by atoms with Crippen molar-refractivity contribution in [2.24, 2.45) is 0 Å². The first kappa shape index (κ1) is 14.0. The van der Waals surface area contributed by atoms with Crippen molar-refractivity contribution in [1.29, 1.82) is 0 Å². The Labute approximate surface area is 121 Å². The molecule has 0 radical (unpaired) electrons. The predicted octanol–water partition coefficient (Wildman–Crippen LogP) is 5.02. The van der Waals surface area contributed by atoms with Crippen LogP contribution in [-0.2, 0) is 5.41 Å². The van der Waals surface area contributed by atoms with Gasteiger partial charge in [0.2, 0.25) is 0 Å². The van der Waals surface area contributed by atoms with Crippen LogP contribution in [0.25, 0.3) is 0 Å². The van der Waals surface area contributed by atoms with Gasteiger partial charge in [0.05, 0.1) is 0 Å². The molecule has 19 heavy (non-hydrogen) atoms. The highest BCUT2D eigenvalue weighted by molar-refractivity contribution is 9.10. The minimum Gasteiger partial charge on any atom is -0.338 e. The molecule has 0 aliphatic rings. The van der Waals surface area contributed by atoms with E-state index in [1.54, 1.807) is 6.20 Å². The highest BCUT2D eigenvalue weighted by Gasteiger charge is 2.18. The molecule has 0 aliphatic carbocycles. The molecule has 0 aliphatic heterocycles. The molecule has 1 N–H and O–H groups in total. The molecule has 2 nitrogen and oxygen atoms in total. The normalized spacial score (nSPS) is 11.4. The Hall–Kier alpha value is -1.42. The molecule has 0 spiro atoms. The molecule has 2 aromatic rings. The Bertz CT molecular complexity index is 591. The van der Waals surface area contributed by atoms with Crippen molar-refractivity contribution in [2.45, 2.75) is 26.2 Å². The standard InChI is InChI=1S/C15H16BrFN2/c1-15(2,3)11-6-4-5-7-13(11)19-14-12(17)8-10(16)9-18-14/h4-9H,1-3H3,(H,18,19). The van der Waals surface area contributed by atoms with Crippen molar-refractivity contribution in [2.75, 3.05) is 5.32 Å². The van der Waals surface area contributed by atoms with Crippen molar-refractivity contribution >= 4 is 27.4 Å². The molecular formula is C15H16BrFN2. The molecule has 0 saturated carbocycles. The Balaban J connectivity index is 2.39. The molecule has 1 aromatic heterocycles. The lowest BCUT2D eigenvalue weighted by molar-refractivity contribution is 0.591. The molecule has 0 saturated heterocycles. The Kier molecular flexibility index (Phi) is 3.90. The maximum absolute atomic E-state index is 13.8. The second-order valence-electron chi connectivity index (χ2n) is 5.40. The van der Waals surface area contributed by atoms with Crippen molar-refractivity contribution in [1.82, 2.24) is 4.98 Å². The van der Waals surface area contributed by atoms with E-state index in [-0.39, 0.29) is 17.1 Å². The molecule has 100 valence electrons. The minimum atomic E-state index is -0.377. The fourth-order valence-corrected chi connectivity index (χ4v) is 2.18. The Morgan fingerprint density at radius 1 is 1.21 bits per heavy atom. The third kappa shape index (κ3) is 3.32. The van der Waals surface area contributed by atoms with Crippen molar-refractivity contribution in [3.05, 3.63) is 52.4 Å². The van der Waals surface area contributed by atoms with Gasteiger partial charge in [-0.25, -0.2) is 9.37 Å². The number of rotatable bonds is 2. The summed E-state index contributed by atoms with van der Waals surface area (Å²) in [6.45, 7) is 6.37. The van der Waals surface area contributed by atoms with Gasteiger partial charge < -0.3 is 5.32 Å². The van der Waals surface area contributed by atoms with Crippen molar-refractivity contribution in [3.8, 4) is 0 Å². The predicted molar refractivity (Wildman–Crippen MR) is 80.3 cm³/mol. The van der Waals surface area contributed by atoms with Gasteiger partial charge in [0.25, 0.3) is 0 Å². The van der Waals surface area contributed by atoms with E-state index in [1.807, 2.05) is 24.3 Å². The van der Waals surface area contributed by atoms with E-state index < -0.39 is 0 Å². The highest BCUT2D eigenvalue weighted by Crippen LogP contribution is 2.31. The molecular weight excluding hydrogens is 307 g/mol. The molecule has 4 heteroatoms. The molecule has 0 unspecified atom stereocenters. The zero-order valence-electron chi connectivity index (χ0n) is 11.2. The van der Waals surface area contributed by atoms with Gasteiger partial charge >= 0.3 is 0 Å². The average molecular weight is 323 g/mol. The Morgan fingerprint density at radius 3 is 2.53 bits per heavy atom. The smallest absolute Gasteiger partial charge is 0.166 e. The van der Waals surface area contributed by atoms with E-state index >= 15 is 0 Å². The quantitative estimate of drug-likeness (QED) is 0.839. The number of para-hydroxylation sites is 1. The fraction of sp³-hybridized carbons (Fsp3) is 0.267. The summed E-state index contributed by atoms with van der Waals surface area (Å²) in [6, 6.07) is 9.28. The van der Waals surface area contributed by atoms with E-state index in [1.165, 1.54) is 6.07 Å². The van der Waals surface area contributed by atoms with Crippen LogP contribution in [0.2, 0.25) is 0 Å². The van der Waals surface area contributed by atoms with E-state index in [0.717, 1.165) is 11.3 Å². The van der Waals surface area contributed by atoms with Crippen molar-refractivity contribution in [3.63, 3.8) is 0 Å². The summed E-state index contributed by atoms with van der Waals surface area (Å²) >= 11 is 3.20. The molecule has 1 heterocycles. The average Bonchev–Trinajstić information content (AvgIpc) is 2.32. The van der Waals surface area contributed by atoms with Crippen LogP contribution in [0.1, 0.15) is 26.3 Å². The first-order valence-electron chi connectivity index (χ1n) is 6.05. The zero-order chi connectivity index (χ0) is 14.0. The third-order valence-corrected chi connectivity index (χ3v) is 3.23. The van der Waals surface area contributed by atoms with Crippen LogP contribution in [0, 0.1) is 5.82 Å². The van der Waals surface area contributed by atoms with Crippen LogP contribution < -0.4 is 5.32 Å². The van der Waals surface area contributed by atoms with Gasteiger partial charge in [-0.3, -0.25) is 0 Å². The molecule has 0 amide bonds. The fourth-order valence-electron chi connectivity index (χ4n) is 1.88. The highest BCUT2D eigenvalue weighted by atomic mass is 79.9. The number of nitrogens with zero attached hydrogens (tertiary/aromatic N) is 1. The van der Waals surface area contributed by atoms with Gasteiger partial charge in [0, 0.05) is 16.4 Å². The molecule has 0 bridgehead atoms.